The highest BCUT2D eigenvalue weighted by molar-refractivity contribution is 5.90. The summed E-state index contributed by atoms with van der Waals surface area (Å²) in [6, 6.07) is 3.60. The van der Waals surface area contributed by atoms with Crippen molar-refractivity contribution < 1.29 is 14.3 Å². The summed E-state index contributed by atoms with van der Waals surface area (Å²) in [5.74, 6) is 0.297. The van der Waals surface area contributed by atoms with Crippen LogP contribution in [0.1, 0.15) is 23.1 Å². The molecule has 0 saturated heterocycles. The number of esters is 1. The first kappa shape index (κ1) is 11.4. The van der Waals surface area contributed by atoms with Gasteiger partial charge in [0.25, 0.3) is 0 Å². The van der Waals surface area contributed by atoms with E-state index >= 15 is 0 Å². The van der Waals surface area contributed by atoms with Crippen LogP contribution in [0.5, 0.6) is 5.75 Å². The van der Waals surface area contributed by atoms with Crippen molar-refractivity contribution in [3.8, 4) is 5.75 Å². The number of ether oxygens (including phenoxy) is 2. The molecule has 2 aromatic rings. The lowest BCUT2D eigenvalue weighted by atomic mass is 10.3. The largest absolute Gasteiger partial charge is 0.495 e. The fraction of sp³-hybridized carbons (Fsp3) is 0.333. The molecule has 0 saturated carbocycles. The fourth-order valence-electron chi connectivity index (χ4n) is 1.71. The van der Waals surface area contributed by atoms with Gasteiger partial charge in [-0.25, -0.2) is 9.78 Å². The van der Waals surface area contributed by atoms with Crippen molar-refractivity contribution in [3.05, 3.63) is 29.7 Å². The predicted octanol–water partition coefficient (Wildman–Crippen LogP) is 1.83. The number of pyridine rings is 1. The molecule has 0 fully saturated rings. The van der Waals surface area contributed by atoms with Gasteiger partial charge in [0.05, 0.1) is 25.6 Å². The molecule has 0 spiro atoms. The van der Waals surface area contributed by atoms with Crippen LogP contribution in [-0.2, 0) is 4.74 Å². The first-order valence-corrected chi connectivity index (χ1v) is 5.37. The highest BCUT2D eigenvalue weighted by Crippen LogP contribution is 2.18. The van der Waals surface area contributed by atoms with E-state index in [1.807, 2.05) is 0 Å². The van der Waals surface area contributed by atoms with Crippen LogP contribution >= 0.6 is 0 Å². The molecule has 0 aliphatic carbocycles. The summed E-state index contributed by atoms with van der Waals surface area (Å²) >= 11 is 0. The first-order chi connectivity index (χ1) is 8.17. The van der Waals surface area contributed by atoms with Crippen LogP contribution in [-0.4, -0.2) is 29.1 Å². The van der Waals surface area contributed by atoms with Crippen LogP contribution in [0.25, 0.3) is 5.65 Å². The zero-order valence-electron chi connectivity index (χ0n) is 10.1. The van der Waals surface area contributed by atoms with Crippen molar-refractivity contribution in [3.63, 3.8) is 0 Å². The minimum Gasteiger partial charge on any atom is -0.495 e. The van der Waals surface area contributed by atoms with Crippen molar-refractivity contribution in [2.75, 3.05) is 13.7 Å². The van der Waals surface area contributed by atoms with Gasteiger partial charge in [0.1, 0.15) is 11.4 Å². The number of imidazole rings is 1. The average molecular weight is 234 g/mol. The second-order valence-corrected chi connectivity index (χ2v) is 3.56. The predicted molar refractivity (Wildman–Crippen MR) is 62.4 cm³/mol. The van der Waals surface area contributed by atoms with Crippen LogP contribution in [0.3, 0.4) is 0 Å². The Balaban J connectivity index is 2.60. The Morgan fingerprint density at radius 3 is 2.88 bits per heavy atom. The third-order valence-electron chi connectivity index (χ3n) is 2.47. The molecule has 0 N–H and O–H groups in total. The van der Waals surface area contributed by atoms with Crippen molar-refractivity contribution in [2.45, 2.75) is 13.8 Å². The Labute approximate surface area is 99.0 Å². The lowest BCUT2D eigenvalue weighted by Gasteiger charge is -2.04. The van der Waals surface area contributed by atoms with Gasteiger partial charge in [-0.2, -0.15) is 0 Å². The van der Waals surface area contributed by atoms with Gasteiger partial charge in [0.15, 0.2) is 5.69 Å². The number of rotatable bonds is 3. The summed E-state index contributed by atoms with van der Waals surface area (Å²) in [5.41, 5.74) is 1.80. The van der Waals surface area contributed by atoms with E-state index in [-0.39, 0.29) is 5.97 Å². The molecule has 0 aliphatic heterocycles. The smallest absolute Gasteiger partial charge is 0.357 e. The summed E-state index contributed by atoms with van der Waals surface area (Å²) in [6.45, 7) is 3.90. The molecule has 0 amide bonds. The molecule has 5 nitrogen and oxygen atoms in total. The van der Waals surface area contributed by atoms with E-state index in [4.69, 9.17) is 9.47 Å². The maximum atomic E-state index is 11.8. The van der Waals surface area contributed by atoms with Crippen LogP contribution in [0, 0.1) is 6.92 Å². The third kappa shape index (κ3) is 1.95. The molecule has 2 rings (SSSR count). The van der Waals surface area contributed by atoms with E-state index in [0.717, 1.165) is 0 Å². The number of carbonyl (C=O) groups excluding carboxylic acids is 1. The van der Waals surface area contributed by atoms with Crippen molar-refractivity contribution >= 4 is 11.6 Å². The maximum Gasteiger partial charge on any atom is 0.357 e. The van der Waals surface area contributed by atoms with Crippen molar-refractivity contribution in [1.82, 2.24) is 9.38 Å². The van der Waals surface area contributed by atoms with Gasteiger partial charge in [0.2, 0.25) is 0 Å². The van der Waals surface area contributed by atoms with Gasteiger partial charge in [0, 0.05) is 0 Å². The number of aromatic nitrogens is 2. The zero-order chi connectivity index (χ0) is 12.4. The zero-order valence-corrected chi connectivity index (χ0v) is 10.1. The maximum absolute atomic E-state index is 11.8. The number of nitrogens with zero attached hydrogens (tertiary/aromatic N) is 2. The fourth-order valence-corrected chi connectivity index (χ4v) is 1.71. The average Bonchev–Trinajstić information content (AvgIpc) is 2.64. The van der Waals surface area contributed by atoms with Gasteiger partial charge < -0.3 is 9.47 Å². The van der Waals surface area contributed by atoms with Crippen LogP contribution in [0.2, 0.25) is 0 Å². The molecular formula is C12H14N2O3. The lowest BCUT2D eigenvalue weighted by molar-refractivity contribution is 0.0517. The second kappa shape index (κ2) is 4.45. The van der Waals surface area contributed by atoms with E-state index in [0.29, 0.717) is 29.4 Å². The van der Waals surface area contributed by atoms with E-state index in [1.54, 1.807) is 43.7 Å². The number of fused-ring (bicyclic) bond motifs is 1. The minimum atomic E-state index is -0.370. The second-order valence-electron chi connectivity index (χ2n) is 3.56. The Bertz CT molecular complexity index is 560. The number of hydrogen-bond acceptors (Lipinski definition) is 4. The van der Waals surface area contributed by atoms with E-state index < -0.39 is 0 Å². The third-order valence-corrected chi connectivity index (χ3v) is 2.47. The van der Waals surface area contributed by atoms with E-state index in [1.165, 1.54) is 0 Å². The molecule has 0 bridgehead atoms. The molecule has 0 atom stereocenters. The molecule has 17 heavy (non-hydrogen) atoms. The highest BCUT2D eigenvalue weighted by atomic mass is 16.5. The van der Waals surface area contributed by atoms with E-state index in [9.17, 15) is 4.79 Å². The Hall–Kier alpha value is -2.04. The number of methoxy groups -OCH3 is 1. The van der Waals surface area contributed by atoms with Crippen LogP contribution in [0.4, 0.5) is 0 Å². The van der Waals surface area contributed by atoms with Crippen LogP contribution < -0.4 is 4.74 Å². The minimum absolute atomic E-state index is 0.343. The van der Waals surface area contributed by atoms with Gasteiger partial charge in [-0.05, 0) is 26.0 Å². The normalized spacial score (nSPS) is 10.5. The summed E-state index contributed by atoms with van der Waals surface area (Å²) in [5, 5.41) is 0. The Morgan fingerprint density at radius 1 is 1.47 bits per heavy atom. The number of carbonyl (C=O) groups is 1. The number of aryl methyl sites for hydroxylation is 1. The molecule has 5 heteroatoms. The molecule has 0 unspecified atom stereocenters. The monoisotopic (exact) mass is 234 g/mol. The van der Waals surface area contributed by atoms with Crippen molar-refractivity contribution in [1.29, 1.82) is 0 Å². The Morgan fingerprint density at radius 2 is 2.24 bits per heavy atom. The van der Waals surface area contributed by atoms with Gasteiger partial charge in [-0.3, -0.25) is 4.40 Å². The van der Waals surface area contributed by atoms with Crippen LogP contribution in [0.15, 0.2) is 18.3 Å². The molecule has 0 radical (unpaired) electrons. The highest BCUT2D eigenvalue weighted by Gasteiger charge is 2.17. The molecule has 2 heterocycles. The molecule has 2 aromatic heterocycles. The molecular weight excluding hydrogens is 220 g/mol. The Kier molecular flexibility index (Phi) is 2.99. The number of hydrogen-bond donors (Lipinski definition) is 0. The quantitative estimate of drug-likeness (QED) is 0.760. The van der Waals surface area contributed by atoms with E-state index in [2.05, 4.69) is 4.98 Å². The first-order valence-electron chi connectivity index (χ1n) is 5.37. The molecule has 90 valence electrons. The molecule has 0 aromatic carbocycles. The summed E-state index contributed by atoms with van der Waals surface area (Å²) in [4.78, 5) is 16.1. The summed E-state index contributed by atoms with van der Waals surface area (Å²) < 4.78 is 11.8. The lowest BCUT2D eigenvalue weighted by Crippen LogP contribution is -2.09. The summed E-state index contributed by atoms with van der Waals surface area (Å²) in [6.07, 6.45) is 1.72. The van der Waals surface area contributed by atoms with Gasteiger partial charge >= 0.3 is 5.97 Å². The molecule has 0 aliphatic rings. The van der Waals surface area contributed by atoms with Crippen molar-refractivity contribution in [2.24, 2.45) is 0 Å². The topological polar surface area (TPSA) is 52.8 Å². The SMILES string of the molecule is CCOC(=O)c1c(C)nc2ccc(OC)cn12. The summed E-state index contributed by atoms with van der Waals surface area (Å²) in [7, 11) is 1.58. The standard InChI is InChI=1S/C12H14N2O3/c1-4-17-12(15)11-8(2)13-10-6-5-9(16-3)7-14(10)11/h5-7H,4H2,1-3H3. The van der Waals surface area contributed by atoms with Gasteiger partial charge in [-0.15, -0.1) is 0 Å². The van der Waals surface area contributed by atoms with Gasteiger partial charge in [-0.1, -0.05) is 0 Å².